The normalized spacial score (nSPS) is 16.3. The fourth-order valence-corrected chi connectivity index (χ4v) is 4.58. The summed E-state index contributed by atoms with van der Waals surface area (Å²) in [5.74, 6) is -0.958. The Morgan fingerprint density at radius 2 is 1.51 bits per heavy atom. The Balaban J connectivity index is 1.72. The zero-order chi connectivity index (χ0) is 26.5. The van der Waals surface area contributed by atoms with Crippen molar-refractivity contribution in [2.24, 2.45) is 5.92 Å². The number of aliphatic hydroxyl groups is 1. The lowest BCUT2D eigenvalue weighted by Crippen LogP contribution is -2.50. The number of hydrogen-bond donors (Lipinski definition) is 3. The van der Waals surface area contributed by atoms with Crippen LogP contribution in [0.15, 0.2) is 60.7 Å². The van der Waals surface area contributed by atoms with Gasteiger partial charge in [-0.3, -0.25) is 14.4 Å². The highest BCUT2D eigenvalue weighted by atomic mass is 16.5. The molecule has 0 saturated carbocycles. The third-order valence-corrected chi connectivity index (χ3v) is 6.68. The number of methoxy groups -OCH3 is 1. The van der Waals surface area contributed by atoms with Crippen LogP contribution >= 0.6 is 0 Å². The van der Waals surface area contributed by atoms with Crippen molar-refractivity contribution in [1.29, 1.82) is 0 Å². The van der Waals surface area contributed by atoms with Crippen LogP contribution in [0.4, 0.5) is 0 Å². The van der Waals surface area contributed by atoms with Gasteiger partial charge in [0.2, 0.25) is 11.8 Å². The molecular formula is C29H38N2O6. The summed E-state index contributed by atoms with van der Waals surface area (Å²) >= 11 is 0. The predicted molar refractivity (Wildman–Crippen MR) is 140 cm³/mol. The molecule has 1 heterocycles. The standard InChI is InChI=1S/C29H38N2O6/c1-36-28(34)13-12-27(33)30-24(18-21-8-4-2-5-9-21)20-26(32)25(19-22-10-6-3-7-11-22)31-29(35)23-14-16-37-17-15-23/h2-11,23-26,32H,12-20H2,1H3,(H,30,33)(H,31,35)/t24-,25-,26-/m0/s1. The lowest BCUT2D eigenvalue weighted by Gasteiger charge is -2.30. The van der Waals surface area contributed by atoms with E-state index >= 15 is 0 Å². The van der Waals surface area contributed by atoms with Crippen molar-refractivity contribution in [3.05, 3.63) is 71.8 Å². The van der Waals surface area contributed by atoms with E-state index in [0.29, 0.717) is 38.9 Å². The van der Waals surface area contributed by atoms with E-state index in [1.165, 1.54) is 7.11 Å². The van der Waals surface area contributed by atoms with Gasteiger partial charge in [0.05, 0.1) is 25.7 Å². The molecule has 2 aromatic rings. The Labute approximate surface area is 218 Å². The van der Waals surface area contributed by atoms with Crippen molar-refractivity contribution in [1.82, 2.24) is 10.6 Å². The molecule has 1 fully saturated rings. The smallest absolute Gasteiger partial charge is 0.306 e. The van der Waals surface area contributed by atoms with Crippen LogP contribution in [-0.4, -0.2) is 61.4 Å². The van der Waals surface area contributed by atoms with Crippen LogP contribution in [0.3, 0.4) is 0 Å². The van der Waals surface area contributed by atoms with Crippen LogP contribution < -0.4 is 10.6 Å². The molecule has 2 amide bonds. The Bertz CT molecular complexity index is 978. The van der Waals surface area contributed by atoms with Gasteiger partial charge in [-0.1, -0.05) is 60.7 Å². The van der Waals surface area contributed by atoms with E-state index in [-0.39, 0.29) is 43.0 Å². The first kappa shape index (κ1) is 28.3. The van der Waals surface area contributed by atoms with Gasteiger partial charge in [0.1, 0.15) is 0 Å². The number of carbonyl (C=O) groups is 3. The molecular weight excluding hydrogens is 472 g/mol. The number of carbonyl (C=O) groups excluding carboxylic acids is 3. The average Bonchev–Trinajstić information content (AvgIpc) is 2.92. The van der Waals surface area contributed by atoms with Crippen molar-refractivity contribution in [3.63, 3.8) is 0 Å². The summed E-state index contributed by atoms with van der Waals surface area (Å²) < 4.78 is 10.0. The number of hydrogen-bond acceptors (Lipinski definition) is 6. The number of rotatable bonds is 13. The van der Waals surface area contributed by atoms with Crippen LogP contribution in [-0.2, 0) is 36.7 Å². The molecule has 0 spiro atoms. The van der Waals surface area contributed by atoms with E-state index in [1.54, 1.807) is 0 Å². The molecule has 0 radical (unpaired) electrons. The minimum Gasteiger partial charge on any atom is -0.469 e. The summed E-state index contributed by atoms with van der Waals surface area (Å²) in [4.78, 5) is 37.1. The largest absolute Gasteiger partial charge is 0.469 e. The van der Waals surface area contributed by atoms with Crippen LogP contribution in [0.2, 0.25) is 0 Å². The highest BCUT2D eigenvalue weighted by Gasteiger charge is 2.29. The quantitative estimate of drug-likeness (QED) is 0.357. The molecule has 3 N–H and O–H groups in total. The van der Waals surface area contributed by atoms with E-state index in [9.17, 15) is 19.5 Å². The van der Waals surface area contributed by atoms with E-state index < -0.39 is 18.1 Å². The summed E-state index contributed by atoms with van der Waals surface area (Å²) in [6.45, 7) is 1.11. The fourth-order valence-electron chi connectivity index (χ4n) is 4.58. The Morgan fingerprint density at radius 1 is 0.919 bits per heavy atom. The summed E-state index contributed by atoms with van der Waals surface area (Å²) in [5, 5.41) is 17.4. The van der Waals surface area contributed by atoms with E-state index in [1.807, 2.05) is 60.7 Å². The second-order valence-corrected chi connectivity index (χ2v) is 9.52. The molecule has 200 valence electrons. The van der Waals surface area contributed by atoms with Gasteiger partial charge in [0, 0.05) is 31.6 Å². The second kappa shape index (κ2) is 15.1. The molecule has 8 heteroatoms. The molecule has 2 aromatic carbocycles. The van der Waals surface area contributed by atoms with Crippen LogP contribution in [0.5, 0.6) is 0 Å². The number of amides is 2. The van der Waals surface area contributed by atoms with Gasteiger partial charge in [0.15, 0.2) is 0 Å². The van der Waals surface area contributed by atoms with Crippen LogP contribution in [0, 0.1) is 5.92 Å². The first-order valence-electron chi connectivity index (χ1n) is 12.9. The Hall–Kier alpha value is -3.23. The topological polar surface area (TPSA) is 114 Å². The van der Waals surface area contributed by atoms with E-state index in [2.05, 4.69) is 15.4 Å². The van der Waals surface area contributed by atoms with Gasteiger partial charge in [-0.2, -0.15) is 0 Å². The highest BCUT2D eigenvalue weighted by molar-refractivity contribution is 5.81. The van der Waals surface area contributed by atoms with Crippen molar-refractivity contribution < 1.29 is 29.0 Å². The Morgan fingerprint density at radius 3 is 2.11 bits per heavy atom. The maximum atomic E-state index is 13.0. The minimum absolute atomic E-state index is 0.00197. The van der Waals surface area contributed by atoms with Gasteiger partial charge in [-0.15, -0.1) is 0 Å². The lowest BCUT2D eigenvalue weighted by molar-refractivity contribution is -0.142. The summed E-state index contributed by atoms with van der Waals surface area (Å²) in [6, 6.07) is 18.5. The SMILES string of the molecule is COC(=O)CCC(=O)N[C@@H](Cc1ccccc1)C[C@H](O)[C@H](Cc1ccccc1)NC(=O)C1CCOCC1. The molecule has 1 saturated heterocycles. The van der Waals surface area contributed by atoms with Gasteiger partial charge >= 0.3 is 5.97 Å². The molecule has 3 atom stereocenters. The Kier molecular flexibility index (Phi) is 11.6. The molecule has 37 heavy (non-hydrogen) atoms. The molecule has 8 nitrogen and oxygen atoms in total. The fraction of sp³-hybridized carbons (Fsp3) is 0.483. The van der Waals surface area contributed by atoms with Crippen molar-refractivity contribution >= 4 is 17.8 Å². The van der Waals surface area contributed by atoms with Gasteiger partial charge < -0.3 is 25.2 Å². The molecule has 0 aliphatic carbocycles. The van der Waals surface area contributed by atoms with Gasteiger partial charge in [0.25, 0.3) is 0 Å². The van der Waals surface area contributed by atoms with Crippen LogP contribution in [0.1, 0.15) is 43.2 Å². The number of esters is 1. The van der Waals surface area contributed by atoms with E-state index in [4.69, 9.17) is 4.74 Å². The van der Waals surface area contributed by atoms with E-state index in [0.717, 1.165) is 11.1 Å². The zero-order valence-corrected chi connectivity index (χ0v) is 21.4. The summed E-state index contributed by atoms with van der Waals surface area (Å²) in [7, 11) is 1.29. The number of aliphatic hydroxyl groups excluding tert-OH is 1. The average molecular weight is 511 g/mol. The molecule has 1 aliphatic rings. The number of ether oxygens (including phenoxy) is 2. The van der Waals surface area contributed by atoms with Crippen LogP contribution in [0.25, 0.3) is 0 Å². The lowest BCUT2D eigenvalue weighted by atomic mass is 9.92. The highest BCUT2D eigenvalue weighted by Crippen LogP contribution is 2.18. The molecule has 3 rings (SSSR count). The van der Waals surface area contributed by atoms with Crippen molar-refractivity contribution in [3.8, 4) is 0 Å². The minimum atomic E-state index is -0.904. The maximum Gasteiger partial charge on any atom is 0.306 e. The van der Waals surface area contributed by atoms with Crippen molar-refractivity contribution in [2.45, 2.75) is 63.1 Å². The molecule has 0 aromatic heterocycles. The third-order valence-electron chi connectivity index (χ3n) is 6.68. The third kappa shape index (κ3) is 9.98. The maximum absolute atomic E-state index is 13.0. The predicted octanol–water partition coefficient (Wildman–Crippen LogP) is 2.57. The monoisotopic (exact) mass is 510 g/mol. The van der Waals surface area contributed by atoms with Gasteiger partial charge in [-0.25, -0.2) is 0 Å². The molecule has 0 bridgehead atoms. The first-order valence-corrected chi connectivity index (χ1v) is 12.9. The van der Waals surface area contributed by atoms with Crippen molar-refractivity contribution in [2.75, 3.05) is 20.3 Å². The summed E-state index contributed by atoms with van der Waals surface area (Å²) in [6.07, 6.45) is 1.62. The summed E-state index contributed by atoms with van der Waals surface area (Å²) in [5.41, 5.74) is 2.01. The second-order valence-electron chi connectivity index (χ2n) is 9.52. The zero-order valence-electron chi connectivity index (χ0n) is 21.4. The molecule has 1 aliphatic heterocycles. The number of benzene rings is 2. The molecule has 0 unspecified atom stereocenters. The number of nitrogens with one attached hydrogen (secondary N) is 2. The van der Waals surface area contributed by atoms with Gasteiger partial charge in [-0.05, 0) is 43.2 Å². The first-order chi connectivity index (χ1) is 17.9.